The smallest absolute Gasteiger partial charge is 0.240 e. The van der Waals surface area contributed by atoms with Gasteiger partial charge in [0.15, 0.2) is 0 Å². The summed E-state index contributed by atoms with van der Waals surface area (Å²) in [4.78, 5) is 30.3. The number of hydrogen-bond acceptors (Lipinski definition) is 5. The number of hydrogen-bond donors (Lipinski definition) is 1. The summed E-state index contributed by atoms with van der Waals surface area (Å²) in [5, 5.41) is 7.76. The Morgan fingerprint density at radius 1 is 1.18 bits per heavy atom. The van der Waals surface area contributed by atoms with Crippen molar-refractivity contribution < 1.29 is 14.0 Å². The van der Waals surface area contributed by atoms with E-state index in [2.05, 4.69) is 26.1 Å². The van der Waals surface area contributed by atoms with E-state index in [1.165, 1.54) is 23.9 Å². The fraction of sp³-hybridized carbons (Fsp3) is 0.414. The Hall–Kier alpha value is -3.17. The van der Waals surface area contributed by atoms with Gasteiger partial charge in [0.2, 0.25) is 11.8 Å². The molecule has 1 atom stereocenters. The first kappa shape index (κ1) is 27.9. The van der Waals surface area contributed by atoms with E-state index < -0.39 is 0 Å². The number of nitrogens with one attached hydrogen (secondary N) is 1. The Balaban J connectivity index is 1.92. The molecule has 202 valence electrons. The van der Waals surface area contributed by atoms with Crippen LogP contribution in [0.15, 0.2) is 48.5 Å². The first-order chi connectivity index (χ1) is 18.0. The summed E-state index contributed by atoms with van der Waals surface area (Å²) in [7, 11) is 3.88. The second kappa shape index (κ2) is 11.3. The number of thioether (sulfide) groups is 1. The van der Waals surface area contributed by atoms with Gasteiger partial charge >= 0.3 is 0 Å². The second-order valence-electron chi connectivity index (χ2n) is 11.0. The van der Waals surface area contributed by atoms with Crippen LogP contribution in [0.25, 0.3) is 5.69 Å². The zero-order valence-electron chi connectivity index (χ0n) is 22.9. The van der Waals surface area contributed by atoms with Gasteiger partial charge in [-0.1, -0.05) is 45.0 Å². The highest BCUT2D eigenvalue weighted by Crippen LogP contribution is 2.48. The van der Waals surface area contributed by atoms with Crippen LogP contribution < -0.4 is 10.2 Å². The van der Waals surface area contributed by atoms with Crippen molar-refractivity contribution in [2.45, 2.75) is 38.4 Å². The molecule has 7 nitrogen and oxygen atoms in total. The van der Waals surface area contributed by atoms with E-state index in [-0.39, 0.29) is 40.6 Å². The quantitative estimate of drug-likeness (QED) is 0.482. The molecule has 0 fully saturated rings. The molecule has 0 spiro atoms. The van der Waals surface area contributed by atoms with Crippen LogP contribution in [-0.2, 0) is 15.0 Å². The molecule has 1 aromatic heterocycles. The molecule has 0 bridgehead atoms. The molecule has 0 saturated heterocycles. The lowest BCUT2D eigenvalue weighted by molar-refractivity contribution is -0.122. The van der Waals surface area contributed by atoms with Crippen molar-refractivity contribution in [3.8, 4) is 5.69 Å². The third-order valence-corrected chi connectivity index (χ3v) is 7.66. The standard InChI is InChI=1S/C29H36FN5O2S/c1-19-8-7-9-22(16-19)35-28-25(27(32-35)29(2,3)4)26(20-10-12-21(30)13-11-20)38-18-24(37)34(28)17-23(36)31-14-15-33(5)6/h7-13,16,26H,14-15,17-18H2,1-6H3,(H,31,36)/t26-/m1/s1. The third kappa shape index (κ3) is 6.10. The van der Waals surface area contributed by atoms with Gasteiger partial charge in [0.05, 0.1) is 22.4 Å². The van der Waals surface area contributed by atoms with Crippen LogP contribution in [0.1, 0.15) is 48.4 Å². The minimum Gasteiger partial charge on any atom is -0.353 e. The predicted molar refractivity (Wildman–Crippen MR) is 152 cm³/mol. The van der Waals surface area contributed by atoms with Crippen LogP contribution in [0.2, 0.25) is 0 Å². The lowest BCUT2D eigenvalue weighted by Crippen LogP contribution is -2.43. The minimum absolute atomic E-state index is 0.114. The molecule has 9 heteroatoms. The van der Waals surface area contributed by atoms with Crippen molar-refractivity contribution in [3.05, 3.63) is 76.7 Å². The first-order valence-electron chi connectivity index (χ1n) is 12.7. The molecule has 1 N–H and O–H groups in total. The van der Waals surface area contributed by atoms with Crippen molar-refractivity contribution in [1.29, 1.82) is 0 Å². The fourth-order valence-corrected chi connectivity index (χ4v) is 5.73. The molecule has 0 aliphatic carbocycles. The van der Waals surface area contributed by atoms with Gasteiger partial charge in [0.25, 0.3) is 0 Å². The summed E-state index contributed by atoms with van der Waals surface area (Å²) in [6, 6.07) is 14.4. The monoisotopic (exact) mass is 537 g/mol. The molecular weight excluding hydrogens is 501 g/mol. The van der Waals surface area contributed by atoms with Gasteiger partial charge in [-0.25, -0.2) is 9.07 Å². The molecule has 38 heavy (non-hydrogen) atoms. The van der Waals surface area contributed by atoms with Crippen molar-refractivity contribution in [2.24, 2.45) is 0 Å². The topological polar surface area (TPSA) is 70.5 Å². The minimum atomic E-state index is -0.356. The number of benzene rings is 2. The molecule has 2 heterocycles. The maximum atomic E-state index is 13.8. The normalized spacial score (nSPS) is 15.9. The number of aryl methyl sites for hydroxylation is 1. The van der Waals surface area contributed by atoms with Crippen molar-refractivity contribution in [2.75, 3.05) is 44.4 Å². The Bertz CT molecular complexity index is 1310. The fourth-order valence-electron chi connectivity index (χ4n) is 4.53. The van der Waals surface area contributed by atoms with Gasteiger partial charge < -0.3 is 10.2 Å². The Morgan fingerprint density at radius 2 is 1.89 bits per heavy atom. The van der Waals surface area contributed by atoms with E-state index in [9.17, 15) is 14.0 Å². The van der Waals surface area contributed by atoms with Gasteiger partial charge in [-0.15, -0.1) is 11.8 Å². The maximum absolute atomic E-state index is 13.8. The molecule has 1 aliphatic rings. The average Bonchev–Trinajstić information content (AvgIpc) is 3.18. The number of rotatable bonds is 7. The van der Waals surface area contributed by atoms with Crippen molar-refractivity contribution >= 4 is 29.4 Å². The van der Waals surface area contributed by atoms with Crippen LogP contribution in [0.3, 0.4) is 0 Å². The zero-order chi connectivity index (χ0) is 27.6. The summed E-state index contributed by atoms with van der Waals surface area (Å²) < 4.78 is 15.6. The summed E-state index contributed by atoms with van der Waals surface area (Å²) in [5.74, 6) is 0.0569. The van der Waals surface area contributed by atoms with Gasteiger partial charge in [-0.05, 0) is 56.4 Å². The van der Waals surface area contributed by atoms with Gasteiger partial charge in [-0.2, -0.15) is 5.10 Å². The van der Waals surface area contributed by atoms with E-state index in [0.29, 0.717) is 18.9 Å². The highest BCUT2D eigenvalue weighted by atomic mass is 32.2. The predicted octanol–water partition coefficient (Wildman–Crippen LogP) is 4.46. The van der Waals surface area contributed by atoms with Crippen LogP contribution in [-0.4, -0.2) is 66.0 Å². The summed E-state index contributed by atoms with van der Waals surface area (Å²) in [5.41, 5.74) is 4.11. The highest BCUT2D eigenvalue weighted by Gasteiger charge is 2.39. The SMILES string of the molecule is Cc1cccc(-n2nc(C(C)(C)C)c3c2N(CC(=O)NCCN(C)C)C(=O)CS[C@@H]3c2ccc(F)cc2)c1. The van der Waals surface area contributed by atoms with Gasteiger partial charge in [0.1, 0.15) is 18.2 Å². The molecule has 2 aromatic carbocycles. The van der Waals surface area contributed by atoms with Crippen molar-refractivity contribution in [1.82, 2.24) is 20.0 Å². The van der Waals surface area contributed by atoms with E-state index >= 15 is 0 Å². The average molecular weight is 538 g/mol. The molecule has 2 amide bonds. The number of aromatic nitrogens is 2. The Labute approximate surface area is 228 Å². The van der Waals surface area contributed by atoms with E-state index in [4.69, 9.17) is 5.10 Å². The number of fused-ring (bicyclic) bond motifs is 1. The first-order valence-corrected chi connectivity index (χ1v) is 13.8. The second-order valence-corrected chi connectivity index (χ2v) is 12.1. The van der Waals surface area contributed by atoms with E-state index in [1.54, 1.807) is 21.7 Å². The summed E-state index contributed by atoms with van der Waals surface area (Å²) >= 11 is 1.48. The number of halogens is 1. The molecule has 0 unspecified atom stereocenters. The Morgan fingerprint density at radius 3 is 2.53 bits per heavy atom. The summed E-state index contributed by atoms with van der Waals surface area (Å²) in [6.45, 7) is 9.35. The lowest BCUT2D eigenvalue weighted by atomic mass is 9.87. The molecule has 1 aliphatic heterocycles. The number of nitrogens with zero attached hydrogens (tertiary/aromatic N) is 4. The maximum Gasteiger partial charge on any atom is 0.240 e. The summed E-state index contributed by atoms with van der Waals surface area (Å²) in [6.07, 6.45) is 0. The van der Waals surface area contributed by atoms with Crippen LogP contribution in [0.5, 0.6) is 0 Å². The Kier molecular flexibility index (Phi) is 8.28. The molecule has 0 radical (unpaired) electrons. The molecular formula is C29H36FN5O2S. The number of anilines is 1. The molecule has 0 saturated carbocycles. The lowest BCUT2D eigenvalue weighted by Gasteiger charge is -2.24. The van der Waals surface area contributed by atoms with Crippen LogP contribution in [0, 0.1) is 12.7 Å². The highest BCUT2D eigenvalue weighted by molar-refractivity contribution is 8.00. The van der Waals surface area contributed by atoms with Crippen LogP contribution >= 0.6 is 11.8 Å². The third-order valence-electron chi connectivity index (χ3n) is 6.40. The number of amides is 2. The van der Waals surface area contributed by atoms with Crippen molar-refractivity contribution in [3.63, 3.8) is 0 Å². The zero-order valence-corrected chi connectivity index (χ0v) is 23.7. The van der Waals surface area contributed by atoms with E-state index in [0.717, 1.165) is 28.1 Å². The largest absolute Gasteiger partial charge is 0.353 e. The van der Waals surface area contributed by atoms with Gasteiger partial charge in [0, 0.05) is 24.1 Å². The number of carbonyl (C=O) groups excluding carboxylic acids is 2. The van der Waals surface area contributed by atoms with Crippen LogP contribution in [0.4, 0.5) is 10.2 Å². The molecule has 4 rings (SSSR count). The molecule has 3 aromatic rings. The number of carbonyl (C=O) groups is 2. The van der Waals surface area contributed by atoms with Gasteiger partial charge in [-0.3, -0.25) is 14.5 Å². The van der Waals surface area contributed by atoms with E-state index in [1.807, 2.05) is 50.2 Å². The number of likely N-dealkylation sites (N-methyl/N-ethyl adjacent to an activating group) is 1.